The van der Waals surface area contributed by atoms with Crippen molar-refractivity contribution in [1.82, 2.24) is 15.4 Å². The predicted octanol–water partition coefficient (Wildman–Crippen LogP) is 0.837. The molecule has 2 rings (SSSR count). The van der Waals surface area contributed by atoms with E-state index in [2.05, 4.69) is 14.3 Å². The molecule has 0 fully saturated rings. The van der Waals surface area contributed by atoms with Crippen LogP contribution in [0.15, 0.2) is 30.5 Å². The number of aromatic nitrogens is 2. The SMILES string of the molecule is CS(=O)(=O)ONC(=O)c1ncc(-c2cccc(F)c2)[nH]1. The molecule has 2 N–H and O–H groups in total. The van der Waals surface area contributed by atoms with Gasteiger partial charge < -0.3 is 4.98 Å². The lowest BCUT2D eigenvalue weighted by molar-refractivity contribution is 0.0762. The third-order valence-electron chi connectivity index (χ3n) is 2.21. The van der Waals surface area contributed by atoms with Crippen LogP contribution in [0.5, 0.6) is 0 Å². The molecule has 0 bridgehead atoms. The zero-order chi connectivity index (χ0) is 14.8. The molecule has 7 nitrogen and oxygen atoms in total. The molecule has 0 aliphatic rings. The summed E-state index contributed by atoms with van der Waals surface area (Å²) in [6.45, 7) is 0. The van der Waals surface area contributed by atoms with E-state index < -0.39 is 21.8 Å². The number of carbonyl (C=O) groups excluding carboxylic acids is 1. The summed E-state index contributed by atoms with van der Waals surface area (Å²) < 4.78 is 38.6. The van der Waals surface area contributed by atoms with Crippen LogP contribution in [0.25, 0.3) is 11.3 Å². The van der Waals surface area contributed by atoms with Gasteiger partial charge in [-0.2, -0.15) is 8.42 Å². The van der Waals surface area contributed by atoms with Crippen molar-refractivity contribution in [3.05, 3.63) is 42.1 Å². The summed E-state index contributed by atoms with van der Waals surface area (Å²) in [5, 5.41) is 0. The Labute approximate surface area is 113 Å². The van der Waals surface area contributed by atoms with Crippen LogP contribution in [0.2, 0.25) is 0 Å². The molecule has 0 saturated carbocycles. The number of hydrogen-bond acceptors (Lipinski definition) is 5. The van der Waals surface area contributed by atoms with Crippen LogP contribution in [0, 0.1) is 5.82 Å². The van der Waals surface area contributed by atoms with Crippen LogP contribution in [0.4, 0.5) is 4.39 Å². The second kappa shape index (κ2) is 5.39. The van der Waals surface area contributed by atoms with Crippen LogP contribution in [-0.2, 0) is 14.4 Å². The molecule has 0 saturated heterocycles. The maximum Gasteiger partial charge on any atom is 0.311 e. The lowest BCUT2D eigenvalue weighted by Crippen LogP contribution is -2.27. The van der Waals surface area contributed by atoms with Crippen LogP contribution in [0.1, 0.15) is 10.6 Å². The third-order valence-corrected chi connectivity index (χ3v) is 2.60. The molecule has 0 aliphatic heterocycles. The summed E-state index contributed by atoms with van der Waals surface area (Å²) in [6, 6.07) is 5.69. The lowest BCUT2D eigenvalue weighted by Gasteiger charge is -2.00. The van der Waals surface area contributed by atoms with Gasteiger partial charge in [-0.3, -0.25) is 4.79 Å². The zero-order valence-corrected chi connectivity index (χ0v) is 11.1. The number of H-pyrrole nitrogens is 1. The average Bonchev–Trinajstić information content (AvgIpc) is 2.84. The first-order valence-electron chi connectivity index (χ1n) is 5.35. The van der Waals surface area contributed by atoms with Gasteiger partial charge >= 0.3 is 5.91 Å². The molecule has 9 heteroatoms. The van der Waals surface area contributed by atoms with Crippen molar-refractivity contribution in [3.63, 3.8) is 0 Å². The first-order chi connectivity index (χ1) is 9.35. The number of nitrogens with zero attached hydrogens (tertiary/aromatic N) is 1. The highest BCUT2D eigenvalue weighted by molar-refractivity contribution is 7.85. The van der Waals surface area contributed by atoms with Gasteiger partial charge in [0.15, 0.2) is 5.82 Å². The molecule has 0 unspecified atom stereocenters. The third kappa shape index (κ3) is 3.62. The average molecular weight is 299 g/mol. The van der Waals surface area contributed by atoms with Crippen LogP contribution < -0.4 is 5.48 Å². The highest BCUT2D eigenvalue weighted by Crippen LogP contribution is 2.17. The number of nitrogens with one attached hydrogen (secondary N) is 2. The van der Waals surface area contributed by atoms with Crippen molar-refractivity contribution in [2.24, 2.45) is 0 Å². The Hall–Kier alpha value is -2.26. The molecule has 1 amide bonds. The Kier molecular flexibility index (Phi) is 3.81. The maximum absolute atomic E-state index is 13.1. The van der Waals surface area contributed by atoms with Crippen LogP contribution in [-0.4, -0.2) is 30.5 Å². The molecular weight excluding hydrogens is 289 g/mol. The minimum Gasteiger partial charge on any atom is -0.334 e. The van der Waals surface area contributed by atoms with Crippen molar-refractivity contribution in [3.8, 4) is 11.3 Å². The Morgan fingerprint density at radius 1 is 1.45 bits per heavy atom. The van der Waals surface area contributed by atoms with E-state index in [0.717, 1.165) is 6.26 Å². The second-order valence-electron chi connectivity index (χ2n) is 3.87. The maximum atomic E-state index is 13.1. The van der Waals surface area contributed by atoms with Gasteiger partial charge in [0.1, 0.15) is 5.82 Å². The summed E-state index contributed by atoms with van der Waals surface area (Å²) in [6.07, 6.45) is 2.11. The van der Waals surface area contributed by atoms with Crippen molar-refractivity contribution < 1.29 is 21.9 Å². The summed E-state index contributed by atoms with van der Waals surface area (Å²) in [5.41, 5.74) is 2.63. The van der Waals surface area contributed by atoms with Crippen LogP contribution in [0.3, 0.4) is 0 Å². The number of imidazole rings is 1. The molecule has 0 spiro atoms. The fourth-order valence-electron chi connectivity index (χ4n) is 1.40. The smallest absolute Gasteiger partial charge is 0.311 e. The Balaban J connectivity index is 2.15. The van der Waals surface area contributed by atoms with E-state index in [-0.39, 0.29) is 5.82 Å². The van der Waals surface area contributed by atoms with Crippen LogP contribution >= 0.6 is 0 Å². The van der Waals surface area contributed by atoms with E-state index in [1.165, 1.54) is 24.4 Å². The molecule has 1 aromatic heterocycles. The number of carbonyl (C=O) groups is 1. The topological polar surface area (TPSA) is 101 Å². The number of hydroxylamine groups is 1. The number of hydrogen-bond donors (Lipinski definition) is 2. The zero-order valence-electron chi connectivity index (χ0n) is 10.3. The fraction of sp³-hybridized carbons (Fsp3) is 0.0909. The molecule has 0 atom stereocenters. The van der Waals surface area contributed by atoms with E-state index in [1.807, 2.05) is 0 Å². The Morgan fingerprint density at radius 3 is 2.85 bits per heavy atom. The van der Waals surface area contributed by atoms with Gasteiger partial charge in [0, 0.05) is 5.56 Å². The summed E-state index contributed by atoms with van der Waals surface area (Å²) in [5.74, 6) is -1.45. The fourth-order valence-corrected chi connectivity index (χ4v) is 1.63. The standard InChI is InChI=1S/C11H10FN3O4S/c1-20(17,18)19-15-11(16)10-13-6-9(14-10)7-3-2-4-8(12)5-7/h2-6H,1H3,(H,13,14)(H,15,16). The molecule has 2 aromatic rings. The normalized spacial score (nSPS) is 11.3. The minimum atomic E-state index is -3.80. The lowest BCUT2D eigenvalue weighted by atomic mass is 10.2. The first kappa shape index (κ1) is 14.2. The van der Waals surface area contributed by atoms with Gasteiger partial charge in [-0.25, -0.2) is 14.9 Å². The van der Waals surface area contributed by atoms with Crippen molar-refractivity contribution in [1.29, 1.82) is 0 Å². The number of aromatic amines is 1. The number of rotatable bonds is 4. The van der Waals surface area contributed by atoms with Crippen molar-refractivity contribution in [2.45, 2.75) is 0 Å². The molecule has 1 aromatic carbocycles. The van der Waals surface area contributed by atoms with Gasteiger partial charge in [-0.1, -0.05) is 12.1 Å². The van der Waals surface area contributed by atoms with Gasteiger partial charge in [-0.15, -0.1) is 4.28 Å². The van der Waals surface area contributed by atoms with Gasteiger partial charge in [0.2, 0.25) is 0 Å². The van der Waals surface area contributed by atoms with E-state index in [9.17, 15) is 17.6 Å². The Bertz CT molecular complexity index is 742. The molecule has 1 heterocycles. The van der Waals surface area contributed by atoms with Gasteiger partial charge in [-0.05, 0) is 12.1 Å². The molecule has 0 radical (unpaired) electrons. The minimum absolute atomic E-state index is 0.159. The summed E-state index contributed by atoms with van der Waals surface area (Å²) in [7, 11) is -3.80. The number of amides is 1. The highest BCUT2D eigenvalue weighted by atomic mass is 32.2. The number of halogens is 1. The van der Waals surface area contributed by atoms with Gasteiger partial charge in [0.05, 0.1) is 18.1 Å². The number of benzene rings is 1. The first-order valence-corrected chi connectivity index (χ1v) is 7.16. The quantitative estimate of drug-likeness (QED) is 0.815. The van der Waals surface area contributed by atoms with E-state index >= 15 is 0 Å². The van der Waals surface area contributed by atoms with E-state index in [0.29, 0.717) is 11.3 Å². The van der Waals surface area contributed by atoms with Crippen molar-refractivity contribution >= 4 is 16.0 Å². The summed E-state index contributed by atoms with van der Waals surface area (Å²) >= 11 is 0. The molecule has 20 heavy (non-hydrogen) atoms. The molecular formula is C11H10FN3O4S. The monoisotopic (exact) mass is 299 g/mol. The Morgan fingerprint density at radius 2 is 2.20 bits per heavy atom. The molecule has 0 aliphatic carbocycles. The predicted molar refractivity (Wildman–Crippen MR) is 67.4 cm³/mol. The largest absolute Gasteiger partial charge is 0.334 e. The second-order valence-corrected chi connectivity index (χ2v) is 5.45. The molecule has 106 valence electrons. The van der Waals surface area contributed by atoms with E-state index in [1.54, 1.807) is 11.5 Å². The highest BCUT2D eigenvalue weighted by Gasteiger charge is 2.13. The van der Waals surface area contributed by atoms with Crippen molar-refractivity contribution in [2.75, 3.05) is 6.26 Å². The summed E-state index contributed by atoms with van der Waals surface area (Å²) in [4.78, 5) is 17.9. The van der Waals surface area contributed by atoms with Gasteiger partial charge in [0.25, 0.3) is 10.1 Å². The van der Waals surface area contributed by atoms with E-state index in [4.69, 9.17) is 0 Å².